The van der Waals surface area contributed by atoms with E-state index in [1.54, 1.807) is 6.08 Å². The first kappa shape index (κ1) is 11.9. The molecule has 0 unspecified atom stereocenters. The van der Waals surface area contributed by atoms with E-state index in [2.05, 4.69) is 15.9 Å². The SMILES string of the molecule is O=C(O)C(=Cc1cccc2ccccc12)CBr. The summed E-state index contributed by atoms with van der Waals surface area (Å²) in [6, 6.07) is 13.8. The fraction of sp³-hybridized carbons (Fsp3) is 0.0714. The molecule has 3 heteroatoms. The van der Waals surface area contributed by atoms with Crippen LogP contribution in [0.3, 0.4) is 0 Å². The van der Waals surface area contributed by atoms with E-state index in [4.69, 9.17) is 5.11 Å². The highest BCUT2D eigenvalue weighted by molar-refractivity contribution is 9.09. The van der Waals surface area contributed by atoms with Gasteiger partial charge in [-0.1, -0.05) is 58.4 Å². The maximum atomic E-state index is 11.0. The van der Waals surface area contributed by atoms with Gasteiger partial charge in [0.2, 0.25) is 0 Å². The van der Waals surface area contributed by atoms with Gasteiger partial charge >= 0.3 is 5.97 Å². The third-order valence-electron chi connectivity index (χ3n) is 2.57. The molecular formula is C14H11BrO2. The molecule has 0 bridgehead atoms. The molecule has 0 aliphatic heterocycles. The summed E-state index contributed by atoms with van der Waals surface area (Å²) in [7, 11) is 0. The molecule has 86 valence electrons. The Morgan fingerprint density at radius 2 is 1.88 bits per heavy atom. The highest BCUT2D eigenvalue weighted by atomic mass is 79.9. The Labute approximate surface area is 108 Å². The van der Waals surface area contributed by atoms with Gasteiger partial charge < -0.3 is 5.11 Å². The van der Waals surface area contributed by atoms with Gasteiger partial charge in [-0.05, 0) is 22.4 Å². The number of hydrogen-bond donors (Lipinski definition) is 1. The van der Waals surface area contributed by atoms with Gasteiger partial charge in [0.1, 0.15) is 0 Å². The summed E-state index contributed by atoms with van der Waals surface area (Å²) in [5.74, 6) is -0.894. The van der Waals surface area contributed by atoms with E-state index >= 15 is 0 Å². The van der Waals surface area contributed by atoms with E-state index in [1.165, 1.54) is 0 Å². The third kappa shape index (κ3) is 2.56. The lowest BCUT2D eigenvalue weighted by atomic mass is 10.0. The van der Waals surface area contributed by atoms with E-state index in [0.717, 1.165) is 16.3 Å². The van der Waals surface area contributed by atoms with Crippen LogP contribution in [-0.4, -0.2) is 16.4 Å². The summed E-state index contributed by atoms with van der Waals surface area (Å²) in [5.41, 5.74) is 1.28. The van der Waals surface area contributed by atoms with Gasteiger partial charge in [0.25, 0.3) is 0 Å². The van der Waals surface area contributed by atoms with Crippen molar-refractivity contribution in [1.82, 2.24) is 0 Å². The molecule has 1 N–H and O–H groups in total. The van der Waals surface area contributed by atoms with Crippen molar-refractivity contribution in [3.05, 3.63) is 53.6 Å². The van der Waals surface area contributed by atoms with Crippen LogP contribution < -0.4 is 0 Å². The van der Waals surface area contributed by atoms with Gasteiger partial charge in [0.05, 0.1) is 0 Å². The molecule has 0 aliphatic carbocycles. The lowest BCUT2D eigenvalue weighted by molar-refractivity contribution is -0.132. The smallest absolute Gasteiger partial charge is 0.332 e. The summed E-state index contributed by atoms with van der Waals surface area (Å²) in [4.78, 5) is 11.0. The Morgan fingerprint density at radius 3 is 2.59 bits per heavy atom. The summed E-state index contributed by atoms with van der Waals surface area (Å²) < 4.78 is 0. The number of hydrogen-bond acceptors (Lipinski definition) is 1. The second-order valence-electron chi connectivity index (χ2n) is 3.68. The fourth-order valence-corrected chi connectivity index (χ4v) is 2.12. The van der Waals surface area contributed by atoms with Crippen LogP contribution in [0.5, 0.6) is 0 Å². The van der Waals surface area contributed by atoms with E-state index in [0.29, 0.717) is 10.9 Å². The van der Waals surface area contributed by atoms with Crippen molar-refractivity contribution < 1.29 is 9.90 Å². The maximum absolute atomic E-state index is 11.0. The van der Waals surface area contributed by atoms with Crippen LogP contribution in [-0.2, 0) is 4.79 Å². The van der Waals surface area contributed by atoms with E-state index < -0.39 is 5.97 Å². The van der Waals surface area contributed by atoms with Crippen LogP contribution in [0, 0.1) is 0 Å². The first-order valence-electron chi connectivity index (χ1n) is 5.20. The van der Waals surface area contributed by atoms with Crippen LogP contribution in [0.4, 0.5) is 0 Å². The van der Waals surface area contributed by atoms with Gasteiger partial charge in [0, 0.05) is 10.9 Å². The molecule has 0 spiro atoms. The van der Waals surface area contributed by atoms with Gasteiger partial charge in [-0.3, -0.25) is 0 Å². The minimum Gasteiger partial charge on any atom is -0.478 e. The predicted molar refractivity (Wildman–Crippen MR) is 73.4 cm³/mol. The summed E-state index contributed by atoms with van der Waals surface area (Å²) >= 11 is 3.19. The average Bonchev–Trinajstić information content (AvgIpc) is 2.35. The first-order valence-corrected chi connectivity index (χ1v) is 6.32. The summed E-state index contributed by atoms with van der Waals surface area (Å²) in [5, 5.41) is 11.5. The number of carbonyl (C=O) groups is 1. The van der Waals surface area contributed by atoms with Gasteiger partial charge in [-0.2, -0.15) is 0 Å². The average molecular weight is 291 g/mol. The van der Waals surface area contributed by atoms with E-state index in [-0.39, 0.29) is 0 Å². The molecule has 0 heterocycles. The molecule has 2 rings (SSSR count). The van der Waals surface area contributed by atoms with Crippen molar-refractivity contribution in [2.75, 3.05) is 5.33 Å². The van der Waals surface area contributed by atoms with Crippen LogP contribution in [0.1, 0.15) is 5.56 Å². The van der Waals surface area contributed by atoms with Crippen LogP contribution in [0.15, 0.2) is 48.0 Å². The molecule has 0 radical (unpaired) electrons. The molecule has 0 amide bonds. The molecule has 0 saturated heterocycles. The largest absolute Gasteiger partial charge is 0.478 e. The monoisotopic (exact) mass is 290 g/mol. The molecule has 2 nitrogen and oxygen atoms in total. The number of halogens is 1. The quantitative estimate of drug-likeness (QED) is 0.691. The Bertz CT molecular complexity index is 582. The fourth-order valence-electron chi connectivity index (χ4n) is 1.72. The second kappa shape index (κ2) is 5.15. The van der Waals surface area contributed by atoms with Crippen molar-refractivity contribution in [2.24, 2.45) is 0 Å². The minimum atomic E-state index is -0.894. The Morgan fingerprint density at radius 1 is 1.18 bits per heavy atom. The van der Waals surface area contributed by atoms with Crippen LogP contribution in [0.2, 0.25) is 0 Å². The lowest BCUT2D eigenvalue weighted by Gasteiger charge is -2.03. The Hall–Kier alpha value is -1.61. The standard InChI is InChI=1S/C14H11BrO2/c15-9-12(14(16)17)8-11-6-3-5-10-4-1-2-7-13(10)11/h1-8H,9H2,(H,16,17). The zero-order valence-electron chi connectivity index (χ0n) is 9.06. The lowest BCUT2D eigenvalue weighted by Crippen LogP contribution is -2.01. The van der Waals surface area contributed by atoms with Crippen molar-refractivity contribution >= 4 is 38.7 Å². The molecule has 2 aromatic carbocycles. The van der Waals surface area contributed by atoms with Gasteiger partial charge in [0.15, 0.2) is 0 Å². The molecule has 0 aromatic heterocycles. The predicted octanol–water partition coefficient (Wildman–Crippen LogP) is 3.70. The zero-order valence-corrected chi connectivity index (χ0v) is 10.6. The maximum Gasteiger partial charge on any atom is 0.332 e. The van der Waals surface area contributed by atoms with Gasteiger partial charge in [-0.25, -0.2) is 4.79 Å². The summed E-state index contributed by atoms with van der Waals surface area (Å²) in [6.07, 6.45) is 1.71. The minimum absolute atomic E-state index is 0.339. The Kier molecular flexibility index (Phi) is 3.59. The molecule has 17 heavy (non-hydrogen) atoms. The number of rotatable bonds is 3. The number of fused-ring (bicyclic) bond motifs is 1. The number of aliphatic carboxylic acids is 1. The molecular weight excluding hydrogens is 280 g/mol. The Balaban J connectivity index is 2.59. The molecule has 0 saturated carbocycles. The van der Waals surface area contributed by atoms with Crippen molar-refractivity contribution in [1.29, 1.82) is 0 Å². The second-order valence-corrected chi connectivity index (χ2v) is 4.24. The molecule has 0 atom stereocenters. The van der Waals surface area contributed by atoms with Crippen molar-refractivity contribution in [3.63, 3.8) is 0 Å². The van der Waals surface area contributed by atoms with Crippen LogP contribution in [0.25, 0.3) is 16.8 Å². The third-order valence-corrected chi connectivity index (χ3v) is 3.18. The number of carboxylic acids is 1. The number of benzene rings is 2. The normalized spacial score (nSPS) is 11.7. The highest BCUT2D eigenvalue weighted by Crippen LogP contribution is 2.21. The summed E-state index contributed by atoms with van der Waals surface area (Å²) in [6.45, 7) is 0. The number of carboxylic acid groups (broad SMARTS) is 1. The van der Waals surface area contributed by atoms with Gasteiger partial charge in [-0.15, -0.1) is 0 Å². The molecule has 0 fully saturated rings. The first-order chi connectivity index (χ1) is 8.22. The van der Waals surface area contributed by atoms with E-state index in [9.17, 15) is 4.79 Å². The number of alkyl halides is 1. The van der Waals surface area contributed by atoms with Crippen molar-refractivity contribution in [2.45, 2.75) is 0 Å². The molecule has 0 aliphatic rings. The highest BCUT2D eigenvalue weighted by Gasteiger charge is 2.06. The van der Waals surface area contributed by atoms with Crippen molar-refractivity contribution in [3.8, 4) is 0 Å². The molecule has 2 aromatic rings. The van der Waals surface area contributed by atoms with Crippen LogP contribution >= 0.6 is 15.9 Å². The topological polar surface area (TPSA) is 37.3 Å². The zero-order chi connectivity index (χ0) is 12.3. The van der Waals surface area contributed by atoms with E-state index in [1.807, 2.05) is 42.5 Å².